The van der Waals surface area contributed by atoms with Crippen molar-refractivity contribution < 1.29 is 29.4 Å². The number of amides is 2. The van der Waals surface area contributed by atoms with Crippen LogP contribution in [0.3, 0.4) is 0 Å². The number of allylic oxidation sites excluding steroid dienone is 3. The molecule has 2 amide bonds. The summed E-state index contributed by atoms with van der Waals surface area (Å²) in [6.45, 7) is 11.8. The van der Waals surface area contributed by atoms with Crippen molar-refractivity contribution >= 4 is 47.7 Å². The summed E-state index contributed by atoms with van der Waals surface area (Å²) in [7, 11) is 0. The number of aliphatic imine (C=N–C) groups is 1. The van der Waals surface area contributed by atoms with Gasteiger partial charge in [-0.3, -0.25) is 19.2 Å². The van der Waals surface area contributed by atoms with Gasteiger partial charge in [-0.15, -0.1) is 0 Å². The number of aliphatic carboxylic acids is 2. The zero-order valence-electron chi connectivity index (χ0n) is 25.4. The molecule has 0 saturated heterocycles. The van der Waals surface area contributed by atoms with Crippen LogP contribution in [0, 0.1) is 6.92 Å². The normalized spacial score (nSPS) is 17.3. The molecule has 44 heavy (non-hydrogen) atoms. The lowest BCUT2D eigenvalue weighted by Gasteiger charge is -2.17. The van der Waals surface area contributed by atoms with E-state index in [0.717, 1.165) is 50.5 Å². The number of nitrogens with one attached hydrogen (secondary N) is 2. The third-order valence-electron chi connectivity index (χ3n) is 8.76. The number of hydrogen-bond acceptors (Lipinski definition) is 4. The summed E-state index contributed by atoms with van der Waals surface area (Å²) in [5.74, 6) is -2.14. The monoisotopic (exact) mass is 596 g/mol. The second-order valence-corrected chi connectivity index (χ2v) is 11.3. The third-order valence-corrected chi connectivity index (χ3v) is 8.76. The fraction of sp³-hybridized carbons (Fsp3) is 0.324. The molecule has 0 bridgehead atoms. The Labute approximate surface area is 254 Å². The zero-order chi connectivity index (χ0) is 31.9. The number of carbonyl (C=O) groups is 4. The SMILES string of the molecule is C=CC1=C(C)C(=O)N=C1/C=c1/[nH]/c(=C\c2[nH]c3c(c2CCC(=O)O)CCN2C(=O)C(CC)=C(C)C2=C3)c(CCC(=O)O)c1C. The molecule has 2 aromatic heterocycles. The van der Waals surface area contributed by atoms with Gasteiger partial charge in [0.25, 0.3) is 11.8 Å². The molecule has 5 heterocycles. The van der Waals surface area contributed by atoms with Crippen LogP contribution in [0.1, 0.15) is 73.7 Å². The van der Waals surface area contributed by atoms with Crippen molar-refractivity contribution in [3.63, 3.8) is 0 Å². The summed E-state index contributed by atoms with van der Waals surface area (Å²) in [6.07, 6.45) is 8.86. The minimum atomic E-state index is -0.925. The summed E-state index contributed by atoms with van der Waals surface area (Å²) in [5, 5.41) is 20.4. The minimum Gasteiger partial charge on any atom is -0.481 e. The number of carboxylic acids is 2. The average Bonchev–Trinajstić information content (AvgIpc) is 3.56. The molecule has 0 aliphatic carbocycles. The maximum atomic E-state index is 13.0. The number of rotatable bonds is 10. The highest BCUT2D eigenvalue weighted by Crippen LogP contribution is 2.36. The molecule has 0 saturated carbocycles. The molecule has 0 unspecified atom stereocenters. The predicted molar refractivity (Wildman–Crippen MR) is 167 cm³/mol. The molecule has 2 aromatic rings. The van der Waals surface area contributed by atoms with Crippen molar-refractivity contribution in [3.05, 3.63) is 85.0 Å². The molecule has 3 aliphatic rings. The number of aromatic amines is 2. The van der Waals surface area contributed by atoms with Gasteiger partial charge >= 0.3 is 11.9 Å². The molecule has 10 heteroatoms. The fourth-order valence-electron chi connectivity index (χ4n) is 6.36. The van der Waals surface area contributed by atoms with Crippen LogP contribution in [0.4, 0.5) is 0 Å². The van der Waals surface area contributed by atoms with E-state index in [1.165, 1.54) is 0 Å². The molecule has 0 fully saturated rings. The second kappa shape index (κ2) is 11.9. The molecular formula is C34H36N4O6. The average molecular weight is 597 g/mol. The van der Waals surface area contributed by atoms with Crippen LogP contribution >= 0.6 is 0 Å². The van der Waals surface area contributed by atoms with E-state index in [2.05, 4.69) is 21.5 Å². The van der Waals surface area contributed by atoms with Crippen molar-refractivity contribution in [1.82, 2.24) is 14.9 Å². The third kappa shape index (κ3) is 5.43. The van der Waals surface area contributed by atoms with Crippen LogP contribution in [-0.2, 0) is 38.4 Å². The number of carbonyl (C=O) groups excluding carboxylic acids is 2. The molecule has 0 aromatic carbocycles. The van der Waals surface area contributed by atoms with E-state index in [4.69, 9.17) is 0 Å². The largest absolute Gasteiger partial charge is 0.481 e. The lowest BCUT2D eigenvalue weighted by atomic mass is 9.99. The van der Waals surface area contributed by atoms with Gasteiger partial charge in [0.05, 0.1) is 5.71 Å². The molecule has 228 valence electrons. The number of H-pyrrole nitrogens is 2. The molecule has 0 radical (unpaired) electrons. The van der Waals surface area contributed by atoms with Crippen LogP contribution in [0.25, 0.3) is 18.2 Å². The van der Waals surface area contributed by atoms with Crippen molar-refractivity contribution in [2.75, 3.05) is 6.54 Å². The maximum Gasteiger partial charge on any atom is 0.303 e. The predicted octanol–water partition coefficient (Wildman–Crippen LogP) is 3.24. The Morgan fingerprint density at radius 3 is 2.32 bits per heavy atom. The van der Waals surface area contributed by atoms with Gasteiger partial charge in [-0.25, -0.2) is 4.99 Å². The van der Waals surface area contributed by atoms with E-state index in [1.54, 1.807) is 24.0 Å². The standard InChI is InChI=1S/C34H36N4O6/c1-6-20-19(5)33(43)37-26(20)14-25-17(3)22(8-10-31(39)40)27(35-25)15-28-23(9-11-32(41)42)24-12-13-38-30(16-29(24)36-28)18(4)21(7-2)34(38)44/h6,14-16,35-36H,1,7-13H2,2-5H3,(H,39,40)(H,41,42)/b25-14+,27-15-. The maximum absolute atomic E-state index is 13.0. The first-order chi connectivity index (χ1) is 20.9. The van der Waals surface area contributed by atoms with E-state index in [1.807, 2.05) is 32.9 Å². The molecule has 5 rings (SSSR count). The van der Waals surface area contributed by atoms with E-state index >= 15 is 0 Å². The van der Waals surface area contributed by atoms with Crippen molar-refractivity contribution in [2.24, 2.45) is 4.99 Å². The van der Waals surface area contributed by atoms with Gasteiger partial charge in [-0.1, -0.05) is 19.6 Å². The van der Waals surface area contributed by atoms with Gasteiger partial charge in [0, 0.05) is 63.9 Å². The van der Waals surface area contributed by atoms with Gasteiger partial charge in [0.2, 0.25) is 0 Å². The lowest BCUT2D eigenvalue weighted by Crippen LogP contribution is -2.27. The van der Waals surface area contributed by atoms with Crippen molar-refractivity contribution in [1.29, 1.82) is 0 Å². The fourth-order valence-corrected chi connectivity index (χ4v) is 6.36. The highest BCUT2D eigenvalue weighted by Gasteiger charge is 2.34. The smallest absolute Gasteiger partial charge is 0.303 e. The van der Waals surface area contributed by atoms with Crippen molar-refractivity contribution in [2.45, 2.75) is 66.2 Å². The topological polar surface area (TPSA) is 156 Å². The Morgan fingerprint density at radius 1 is 1.00 bits per heavy atom. The summed E-state index contributed by atoms with van der Waals surface area (Å²) >= 11 is 0. The first kappa shape index (κ1) is 30.5. The highest BCUT2D eigenvalue weighted by molar-refractivity contribution is 6.32. The van der Waals surface area contributed by atoms with Gasteiger partial charge in [-0.05, 0) is 92.5 Å². The molecule has 10 nitrogen and oxygen atoms in total. The summed E-state index contributed by atoms with van der Waals surface area (Å²) in [5.41, 5.74) is 9.25. The summed E-state index contributed by atoms with van der Waals surface area (Å²) < 4.78 is 0. The van der Waals surface area contributed by atoms with E-state index in [0.29, 0.717) is 46.9 Å². The molecular weight excluding hydrogens is 560 g/mol. The Balaban J connectivity index is 1.70. The van der Waals surface area contributed by atoms with Crippen LogP contribution in [-0.4, -0.2) is 61.1 Å². The number of nitrogens with zero attached hydrogens (tertiary/aromatic N) is 2. The van der Waals surface area contributed by atoms with Gasteiger partial charge < -0.3 is 25.1 Å². The summed E-state index contributed by atoms with van der Waals surface area (Å²) in [6, 6.07) is 0. The van der Waals surface area contributed by atoms with E-state index < -0.39 is 11.9 Å². The minimum absolute atomic E-state index is 0.0206. The first-order valence-corrected chi connectivity index (χ1v) is 14.7. The van der Waals surface area contributed by atoms with E-state index in [-0.39, 0.29) is 37.5 Å². The van der Waals surface area contributed by atoms with Crippen LogP contribution in [0.15, 0.2) is 45.6 Å². The number of carboxylic acid groups (broad SMARTS) is 2. The Morgan fingerprint density at radius 2 is 1.68 bits per heavy atom. The Kier molecular flexibility index (Phi) is 8.27. The Hall–Kier alpha value is -4.99. The van der Waals surface area contributed by atoms with Gasteiger partial charge in [0.15, 0.2) is 0 Å². The number of fused-ring (bicyclic) bond motifs is 2. The molecule has 0 spiro atoms. The Bertz CT molecular complexity index is 1890. The quantitative estimate of drug-likeness (QED) is 0.330. The van der Waals surface area contributed by atoms with E-state index in [9.17, 15) is 29.4 Å². The van der Waals surface area contributed by atoms with Crippen LogP contribution in [0.5, 0.6) is 0 Å². The van der Waals surface area contributed by atoms with Crippen LogP contribution in [0.2, 0.25) is 0 Å². The van der Waals surface area contributed by atoms with Crippen LogP contribution < -0.4 is 10.7 Å². The zero-order valence-corrected chi connectivity index (χ0v) is 25.4. The first-order valence-electron chi connectivity index (χ1n) is 14.7. The van der Waals surface area contributed by atoms with Crippen molar-refractivity contribution in [3.8, 4) is 0 Å². The lowest BCUT2D eigenvalue weighted by molar-refractivity contribution is -0.138. The number of hydrogen-bond donors (Lipinski definition) is 4. The molecule has 4 N–H and O–H groups in total. The highest BCUT2D eigenvalue weighted by atomic mass is 16.4. The van der Waals surface area contributed by atoms with Gasteiger partial charge in [-0.2, -0.15) is 0 Å². The number of aromatic nitrogens is 2. The molecule has 3 aliphatic heterocycles. The molecule has 0 atom stereocenters. The summed E-state index contributed by atoms with van der Waals surface area (Å²) in [4.78, 5) is 61.3. The second-order valence-electron chi connectivity index (χ2n) is 11.3. The van der Waals surface area contributed by atoms with Gasteiger partial charge in [0.1, 0.15) is 0 Å².